The Kier molecular flexibility index (Phi) is 3.64. The van der Waals surface area contributed by atoms with Gasteiger partial charge in [0.15, 0.2) is 5.82 Å². The molecule has 0 unspecified atom stereocenters. The van der Waals surface area contributed by atoms with Crippen LogP contribution in [-0.2, 0) is 9.53 Å². The fourth-order valence-electron chi connectivity index (χ4n) is 2.13. The van der Waals surface area contributed by atoms with Crippen LogP contribution in [-0.4, -0.2) is 42.2 Å². The first-order valence-electron chi connectivity index (χ1n) is 5.98. The topological polar surface area (TPSA) is 67.3 Å². The molecule has 7 heteroatoms. The second-order valence-electron chi connectivity index (χ2n) is 4.81. The summed E-state index contributed by atoms with van der Waals surface area (Å²) in [7, 11) is 3.44. The number of aromatic nitrogens is 2. The van der Waals surface area contributed by atoms with Crippen LogP contribution in [0, 0.1) is 6.92 Å². The van der Waals surface area contributed by atoms with E-state index >= 15 is 0 Å². The van der Waals surface area contributed by atoms with Gasteiger partial charge in [-0.1, -0.05) is 0 Å². The lowest BCUT2D eigenvalue weighted by atomic mass is 9.92. The summed E-state index contributed by atoms with van der Waals surface area (Å²) in [6, 6.07) is 0. The highest BCUT2D eigenvalue weighted by Gasteiger charge is 2.43. The lowest BCUT2D eigenvalue weighted by Crippen LogP contribution is -2.57. The van der Waals surface area contributed by atoms with Gasteiger partial charge in [-0.3, -0.25) is 4.79 Å². The molecule has 2 heterocycles. The molecule has 0 aromatic carbocycles. The summed E-state index contributed by atoms with van der Waals surface area (Å²) < 4.78 is 5.08. The third kappa shape index (κ3) is 2.26. The number of methoxy groups -OCH3 is 1. The van der Waals surface area contributed by atoms with Gasteiger partial charge in [0.25, 0.3) is 0 Å². The summed E-state index contributed by atoms with van der Waals surface area (Å²) in [5, 5.41) is 3.04. The third-order valence-electron chi connectivity index (χ3n) is 3.62. The van der Waals surface area contributed by atoms with Gasteiger partial charge in [0.1, 0.15) is 11.2 Å². The minimum atomic E-state index is -0.715. The number of nitrogens with zero attached hydrogens (tertiary/aromatic N) is 3. The van der Waals surface area contributed by atoms with Crippen molar-refractivity contribution >= 4 is 29.0 Å². The molecule has 1 aliphatic heterocycles. The maximum Gasteiger partial charge on any atom is 0.250 e. The van der Waals surface area contributed by atoms with Crippen molar-refractivity contribution in [3.63, 3.8) is 0 Å². The maximum absolute atomic E-state index is 12.3. The molecule has 0 saturated heterocycles. The van der Waals surface area contributed by atoms with E-state index in [1.807, 2.05) is 18.9 Å². The van der Waals surface area contributed by atoms with Gasteiger partial charge in [-0.15, -0.1) is 0 Å². The normalized spacial score (nSPS) is 22.2. The van der Waals surface area contributed by atoms with E-state index in [1.54, 1.807) is 14.0 Å². The van der Waals surface area contributed by atoms with Crippen LogP contribution < -0.4 is 10.2 Å². The van der Waals surface area contributed by atoms with E-state index in [2.05, 4.69) is 15.3 Å². The highest BCUT2D eigenvalue weighted by Crippen LogP contribution is 2.37. The number of hydrogen-bond donors (Lipinski definition) is 1. The number of rotatable bonds is 3. The zero-order valence-electron chi connectivity index (χ0n) is 11.5. The van der Waals surface area contributed by atoms with Gasteiger partial charge < -0.3 is 15.0 Å². The van der Waals surface area contributed by atoms with Crippen LogP contribution in [0.3, 0.4) is 0 Å². The Morgan fingerprint density at radius 1 is 1.47 bits per heavy atom. The van der Waals surface area contributed by atoms with Crippen molar-refractivity contribution in [3.8, 4) is 0 Å². The molecular weight excluding hydrogens is 268 g/mol. The number of ether oxygens (including phenoxy) is 1. The molecule has 0 radical (unpaired) electrons. The Labute approximate surface area is 117 Å². The number of halogens is 1. The monoisotopic (exact) mass is 284 g/mol. The minimum Gasteiger partial charge on any atom is -0.385 e. The molecule has 0 spiro atoms. The average molecular weight is 285 g/mol. The molecule has 0 bridgehead atoms. The molecule has 1 N–H and O–H groups in total. The van der Waals surface area contributed by atoms with Crippen molar-refractivity contribution < 1.29 is 9.53 Å². The van der Waals surface area contributed by atoms with Crippen LogP contribution in [0.5, 0.6) is 0 Å². The van der Waals surface area contributed by atoms with E-state index in [0.717, 1.165) is 0 Å². The molecule has 1 aromatic rings. The van der Waals surface area contributed by atoms with E-state index in [0.29, 0.717) is 30.2 Å². The summed E-state index contributed by atoms with van der Waals surface area (Å²) in [4.78, 5) is 22.4. The largest absolute Gasteiger partial charge is 0.385 e. The zero-order chi connectivity index (χ0) is 14.2. The van der Waals surface area contributed by atoms with Gasteiger partial charge in [0.2, 0.25) is 11.2 Å². The van der Waals surface area contributed by atoms with Gasteiger partial charge in [-0.25, -0.2) is 4.98 Å². The first-order valence-corrected chi connectivity index (χ1v) is 6.36. The summed E-state index contributed by atoms with van der Waals surface area (Å²) in [6.45, 7) is 4.13. The quantitative estimate of drug-likeness (QED) is 0.855. The molecule has 6 nitrogen and oxygen atoms in total. The van der Waals surface area contributed by atoms with Gasteiger partial charge in [-0.2, -0.15) is 4.98 Å². The number of nitrogens with one attached hydrogen (secondary N) is 1. The van der Waals surface area contributed by atoms with Crippen LogP contribution in [0.2, 0.25) is 5.28 Å². The van der Waals surface area contributed by atoms with E-state index in [9.17, 15) is 4.79 Å². The summed E-state index contributed by atoms with van der Waals surface area (Å²) in [5.41, 5.74) is 0.559. The van der Waals surface area contributed by atoms with E-state index < -0.39 is 5.54 Å². The van der Waals surface area contributed by atoms with Crippen molar-refractivity contribution in [2.24, 2.45) is 0 Å². The Bertz CT molecular complexity index is 523. The summed E-state index contributed by atoms with van der Waals surface area (Å²) in [5.74, 6) is 0.546. The molecule has 19 heavy (non-hydrogen) atoms. The fraction of sp³-hybridized carbons (Fsp3) is 0.583. The molecule has 1 aromatic heterocycles. The number of hydrogen-bond acceptors (Lipinski definition) is 5. The zero-order valence-corrected chi connectivity index (χ0v) is 12.2. The number of carbonyl (C=O) groups is 1. The lowest BCUT2D eigenvalue weighted by Gasteiger charge is -2.42. The molecule has 1 amide bonds. The smallest absolute Gasteiger partial charge is 0.250 e. The minimum absolute atomic E-state index is 0.0893. The van der Waals surface area contributed by atoms with Crippen molar-refractivity contribution in [1.29, 1.82) is 0 Å². The SMILES string of the molecule is COCC[C@]1(C)C(=O)Nc2c(C)nc(Cl)nc2N1C. The predicted octanol–water partition coefficient (Wildman–Crippen LogP) is 1.62. The molecule has 2 rings (SSSR count). The van der Waals surface area contributed by atoms with Crippen LogP contribution >= 0.6 is 11.6 Å². The highest BCUT2D eigenvalue weighted by atomic mass is 35.5. The number of fused-ring (bicyclic) bond motifs is 1. The third-order valence-corrected chi connectivity index (χ3v) is 3.79. The molecule has 0 aliphatic carbocycles. The first-order chi connectivity index (χ1) is 8.90. The predicted molar refractivity (Wildman–Crippen MR) is 73.7 cm³/mol. The Morgan fingerprint density at radius 3 is 2.79 bits per heavy atom. The van der Waals surface area contributed by atoms with Gasteiger partial charge in [-0.05, 0) is 25.4 Å². The Morgan fingerprint density at radius 2 is 2.16 bits per heavy atom. The molecule has 1 aliphatic rings. The second-order valence-corrected chi connectivity index (χ2v) is 5.14. The lowest BCUT2D eigenvalue weighted by molar-refractivity contribution is -0.121. The van der Waals surface area contributed by atoms with Crippen molar-refractivity contribution in [2.45, 2.75) is 25.8 Å². The Balaban J connectivity index is 2.47. The average Bonchev–Trinajstić information content (AvgIpc) is 2.36. The van der Waals surface area contributed by atoms with Crippen molar-refractivity contribution in [1.82, 2.24) is 9.97 Å². The number of anilines is 2. The maximum atomic E-state index is 12.3. The van der Waals surface area contributed by atoms with E-state index in [-0.39, 0.29) is 11.2 Å². The molecule has 1 atom stereocenters. The number of aryl methyl sites for hydroxylation is 1. The second kappa shape index (κ2) is 4.94. The van der Waals surface area contributed by atoms with Gasteiger partial charge in [0.05, 0.1) is 5.69 Å². The van der Waals surface area contributed by atoms with Crippen molar-refractivity contribution in [3.05, 3.63) is 11.0 Å². The number of carbonyl (C=O) groups excluding carboxylic acids is 1. The number of amides is 1. The summed E-state index contributed by atoms with van der Waals surface area (Å²) in [6.07, 6.45) is 0.561. The van der Waals surface area contributed by atoms with Crippen LogP contribution in [0.15, 0.2) is 0 Å². The molecule has 0 saturated carbocycles. The van der Waals surface area contributed by atoms with Crippen LogP contribution in [0.1, 0.15) is 19.0 Å². The fourth-order valence-corrected chi connectivity index (χ4v) is 2.34. The van der Waals surface area contributed by atoms with Gasteiger partial charge >= 0.3 is 0 Å². The molecule has 104 valence electrons. The van der Waals surface area contributed by atoms with E-state index in [4.69, 9.17) is 16.3 Å². The van der Waals surface area contributed by atoms with Crippen molar-refractivity contribution in [2.75, 3.05) is 31.0 Å². The van der Waals surface area contributed by atoms with Gasteiger partial charge in [0, 0.05) is 27.2 Å². The molecular formula is C12H17ClN4O2. The summed E-state index contributed by atoms with van der Waals surface area (Å²) >= 11 is 5.89. The molecule has 0 fully saturated rings. The van der Waals surface area contributed by atoms with Crippen LogP contribution in [0.25, 0.3) is 0 Å². The van der Waals surface area contributed by atoms with Crippen LogP contribution in [0.4, 0.5) is 11.5 Å². The number of likely N-dealkylation sites (N-methyl/N-ethyl adjacent to an activating group) is 1. The highest BCUT2D eigenvalue weighted by molar-refractivity contribution is 6.28. The Hall–Kier alpha value is -1.40. The standard InChI is InChI=1S/C12H17ClN4O2/c1-7-8-9(16-11(13)14-7)17(3)12(2,5-6-19-4)10(18)15-8/h5-6H2,1-4H3,(H,15,18)/t12-/m1/s1. The van der Waals surface area contributed by atoms with E-state index in [1.165, 1.54) is 0 Å². The first kappa shape index (κ1) is 14.0.